The minimum absolute atomic E-state index is 0.0330. The largest absolute Gasteiger partial charge is 0.473 e. The molecule has 0 saturated heterocycles. The smallest absolute Gasteiger partial charge is 0.242 e. The molecule has 0 unspecified atom stereocenters. The van der Waals surface area contributed by atoms with Crippen LogP contribution in [0.5, 0.6) is 5.88 Å². The lowest BCUT2D eigenvalue weighted by molar-refractivity contribution is -0.121. The zero-order valence-corrected chi connectivity index (χ0v) is 27.0. The lowest BCUT2D eigenvalue weighted by Gasteiger charge is -2.12. The van der Waals surface area contributed by atoms with Crippen LogP contribution < -0.4 is 9.46 Å². The Balaban J connectivity index is 0.000000184. The third-order valence-electron chi connectivity index (χ3n) is 6.15. The average molecular weight is 610 g/mol. The van der Waals surface area contributed by atoms with Gasteiger partial charge in [-0.2, -0.15) is 0 Å². The SMILES string of the molecule is CC(C)C(=O)CCc1ccccc1.CC(C)NS(=O)(=O)C1CC1.CC(C)Oc1nc2ccccc2nc1-c1cccs1. The summed E-state index contributed by atoms with van der Waals surface area (Å²) in [5, 5.41) is 1.95. The Bertz CT molecular complexity index is 1500. The van der Waals surface area contributed by atoms with Crippen molar-refractivity contribution in [1.82, 2.24) is 14.7 Å². The van der Waals surface area contributed by atoms with E-state index in [9.17, 15) is 13.2 Å². The number of carbonyl (C=O) groups is 1. The van der Waals surface area contributed by atoms with Crippen LogP contribution in [-0.4, -0.2) is 41.6 Å². The molecule has 0 amide bonds. The number of hydrogen-bond donors (Lipinski definition) is 1. The molecule has 2 aromatic heterocycles. The van der Waals surface area contributed by atoms with Crippen molar-refractivity contribution in [3.8, 4) is 16.5 Å². The van der Waals surface area contributed by atoms with E-state index in [-0.39, 0.29) is 23.3 Å². The van der Waals surface area contributed by atoms with E-state index in [1.54, 1.807) is 11.3 Å². The summed E-state index contributed by atoms with van der Waals surface area (Å²) in [4.78, 5) is 21.7. The second-order valence-corrected chi connectivity index (χ2v) is 14.1. The van der Waals surface area contributed by atoms with Crippen LogP contribution in [0.25, 0.3) is 21.6 Å². The average Bonchev–Trinajstić information content (AvgIpc) is 3.68. The van der Waals surface area contributed by atoms with Gasteiger partial charge in [0.05, 0.1) is 27.3 Å². The summed E-state index contributed by atoms with van der Waals surface area (Å²) in [6, 6.07) is 22.1. The number of rotatable bonds is 10. The summed E-state index contributed by atoms with van der Waals surface area (Å²) >= 11 is 1.64. The van der Waals surface area contributed by atoms with Crippen LogP contribution in [0.15, 0.2) is 72.1 Å². The minimum Gasteiger partial charge on any atom is -0.473 e. The lowest BCUT2D eigenvalue weighted by Crippen LogP contribution is -2.32. The molecule has 1 fully saturated rings. The number of benzene rings is 2. The highest BCUT2D eigenvalue weighted by molar-refractivity contribution is 7.90. The highest BCUT2D eigenvalue weighted by Gasteiger charge is 2.35. The number of sulfonamides is 1. The van der Waals surface area contributed by atoms with Crippen LogP contribution in [0.3, 0.4) is 0 Å². The Labute approximate surface area is 254 Å². The number of aryl methyl sites for hydroxylation is 1. The number of hydrogen-bond acceptors (Lipinski definition) is 7. The number of ketones is 1. The van der Waals surface area contributed by atoms with Gasteiger partial charge in [-0.05, 0) is 76.1 Å². The Morgan fingerprint density at radius 1 is 0.905 bits per heavy atom. The zero-order chi connectivity index (χ0) is 30.7. The molecule has 9 heteroatoms. The number of fused-ring (bicyclic) bond motifs is 1. The van der Waals surface area contributed by atoms with Gasteiger partial charge >= 0.3 is 0 Å². The lowest BCUT2D eigenvalue weighted by atomic mass is 10.0. The van der Waals surface area contributed by atoms with Crippen molar-refractivity contribution in [2.24, 2.45) is 5.92 Å². The molecule has 42 heavy (non-hydrogen) atoms. The molecule has 1 N–H and O–H groups in total. The van der Waals surface area contributed by atoms with Crippen molar-refractivity contribution in [3.63, 3.8) is 0 Å². The fourth-order valence-corrected chi connectivity index (χ4v) is 6.18. The van der Waals surface area contributed by atoms with Crippen molar-refractivity contribution in [2.75, 3.05) is 0 Å². The highest BCUT2D eigenvalue weighted by atomic mass is 32.2. The third kappa shape index (κ3) is 10.9. The summed E-state index contributed by atoms with van der Waals surface area (Å²) in [5.74, 6) is 1.13. The summed E-state index contributed by atoms with van der Waals surface area (Å²) in [5.41, 5.74) is 3.82. The van der Waals surface area contributed by atoms with E-state index in [2.05, 4.69) is 21.8 Å². The van der Waals surface area contributed by atoms with Crippen molar-refractivity contribution < 1.29 is 17.9 Å². The van der Waals surface area contributed by atoms with Gasteiger partial charge in [-0.3, -0.25) is 4.79 Å². The molecule has 1 aliphatic rings. The molecule has 4 aromatic rings. The predicted octanol–water partition coefficient (Wildman–Crippen LogP) is 7.47. The molecule has 5 rings (SSSR count). The van der Waals surface area contributed by atoms with E-state index in [0.29, 0.717) is 18.1 Å². The fourth-order valence-electron chi connectivity index (χ4n) is 3.87. The van der Waals surface area contributed by atoms with E-state index >= 15 is 0 Å². The molecule has 2 heterocycles. The molecule has 0 aliphatic heterocycles. The van der Waals surface area contributed by atoms with Crippen molar-refractivity contribution in [1.29, 1.82) is 0 Å². The monoisotopic (exact) mass is 609 g/mol. The van der Waals surface area contributed by atoms with Gasteiger partial charge in [0.2, 0.25) is 15.9 Å². The number of carbonyl (C=O) groups excluding carboxylic acids is 1. The molecule has 226 valence electrons. The third-order valence-corrected chi connectivity index (χ3v) is 9.18. The molecular weight excluding hydrogens is 567 g/mol. The summed E-state index contributed by atoms with van der Waals surface area (Å²) in [7, 11) is -2.94. The molecular formula is C33H43N3O4S2. The molecule has 2 aromatic carbocycles. The maximum absolute atomic E-state index is 11.3. The van der Waals surface area contributed by atoms with Crippen LogP contribution in [0.4, 0.5) is 0 Å². The highest BCUT2D eigenvalue weighted by Crippen LogP contribution is 2.32. The number of nitrogens with zero attached hydrogens (tertiary/aromatic N) is 2. The van der Waals surface area contributed by atoms with Crippen molar-refractivity contribution in [2.45, 2.75) is 84.6 Å². The Kier molecular flexibility index (Phi) is 12.6. The van der Waals surface area contributed by atoms with E-state index in [1.165, 1.54) is 5.56 Å². The molecule has 0 radical (unpaired) electrons. The van der Waals surface area contributed by atoms with Gasteiger partial charge in [0, 0.05) is 18.4 Å². The standard InChI is InChI=1S/C15H14N2OS.C12H16O.C6H13NO2S/c1-10(2)18-15-14(13-8-5-9-19-13)16-11-6-3-4-7-12(11)17-15;1-10(2)12(13)9-8-11-6-4-3-5-7-11;1-5(2)7-10(8,9)6-3-4-6/h3-10H,1-2H3;3-7,10H,8-9H2,1-2H3;5-7H,3-4H2,1-2H3. The van der Waals surface area contributed by atoms with E-state index in [4.69, 9.17) is 9.72 Å². The minimum atomic E-state index is -2.94. The van der Waals surface area contributed by atoms with Crippen LogP contribution >= 0.6 is 11.3 Å². The Morgan fingerprint density at radius 2 is 1.52 bits per heavy atom. The van der Waals surface area contributed by atoms with Gasteiger partial charge in [0.1, 0.15) is 11.5 Å². The number of ether oxygens (including phenoxy) is 1. The van der Waals surface area contributed by atoms with Crippen molar-refractivity contribution in [3.05, 3.63) is 77.7 Å². The van der Waals surface area contributed by atoms with Gasteiger partial charge in [0.25, 0.3) is 0 Å². The first-order chi connectivity index (χ1) is 20.0. The number of thiophene rings is 1. The van der Waals surface area contributed by atoms with E-state index in [1.807, 2.05) is 102 Å². The summed E-state index contributed by atoms with van der Waals surface area (Å²) in [6.45, 7) is 11.6. The Morgan fingerprint density at radius 3 is 2.05 bits per heavy atom. The quantitative estimate of drug-likeness (QED) is 0.200. The molecule has 1 saturated carbocycles. The fraction of sp³-hybridized carbons (Fsp3) is 0.424. The van der Waals surface area contributed by atoms with Crippen molar-refractivity contribution >= 4 is 38.2 Å². The topological polar surface area (TPSA) is 98.2 Å². The zero-order valence-electron chi connectivity index (χ0n) is 25.4. The van der Waals surface area contributed by atoms with Crippen LogP contribution in [0.1, 0.15) is 66.4 Å². The first-order valence-corrected chi connectivity index (χ1v) is 16.9. The summed E-state index contributed by atoms with van der Waals surface area (Å²) < 4.78 is 30.5. The van der Waals surface area contributed by atoms with Crippen LogP contribution in [0.2, 0.25) is 0 Å². The second-order valence-electron chi connectivity index (χ2n) is 11.1. The number of aromatic nitrogens is 2. The first-order valence-electron chi connectivity index (χ1n) is 14.5. The number of para-hydroxylation sites is 2. The van der Waals surface area contributed by atoms with Crippen LogP contribution in [0, 0.1) is 5.92 Å². The molecule has 0 bridgehead atoms. The number of Topliss-reactive ketones (excluding diaryl/α,β-unsaturated/α-hetero) is 1. The second kappa shape index (κ2) is 15.9. The molecule has 1 aliphatic carbocycles. The van der Waals surface area contributed by atoms with Crippen LogP contribution in [-0.2, 0) is 21.2 Å². The van der Waals surface area contributed by atoms with Gasteiger partial charge in [0.15, 0.2) is 0 Å². The molecule has 0 atom stereocenters. The predicted molar refractivity (Wildman–Crippen MR) is 173 cm³/mol. The Hall–Kier alpha value is -3.14. The van der Waals surface area contributed by atoms with Gasteiger partial charge in [-0.1, -0.05) is 62.4 Å². The maximum Gasteiger partial charge on any atom is 0.242 e. The van der Waals surface area contributed by atoms with E-state index < -0.39 is 10.0 Å². The normalized spacial score (nSPS) is 13.0. The van der Waals surface area contributed by atoms with Gasteiger partial charge in [-0.25, -0.2) is 23.1 Å². The maximum atomic E-state index is 11.3. The summed E-state index contributed by atoms with van der Waals surface area (Å²) in [6.07, 6.45) is 3.29. The van der Waals surface area contributed by atoms with Gasteiger partial charge < -0.3 is 4.74 Å². The molecule has 7 nitrogen and oxygen atoms in total. The number of nitrogens with one attached hydrogen (secondary N) is 1. The molecule has 0 spiro atoms. The van der Waals surface area contributed by atoms with E-state index in [0.717, 1.165) is 40.9 Å². The first kappa shape index (κ1) is 33.4. The van der Waals surface area contributed by atoms with Gasteiger partial charge in [-0.15, -0.1) is 11.3 Å².